The van der Waals surface area contributed by atoms with E-state index >= 15 is 0 Å². The van der Waals surface area contributed by atoms with E-state index in [1.165, 1.54) is 0 Å². The smallest absolute Gasteiger partial charge is 0.163 e. The maximum atomic E-state index is 5.71. The zero-order chi connectivity index (χ0) is 19.3. The fourth-order valence-electron chi connectivity index (χ4n) is 2.67. The van der Waals surface area contributed by atoms with E-state index in [9.17, 15) is 0 Å². The molecule has 2 N–H and O–H groups in total. The molecule has 0 bridgehead atoms. The highest BCUT2D eigenvalue weighted by molar-refractivity contribution is 5.68. The Hall–Kier alpha value is -3.08. The quantitative estimate of drug-likeness (QED) is 0.607. The summed E-state index contributed by atoms with van der Waals surface area (Å²) in [5.41, 5.74) is 1.73. The molecule has 0 atom stereocenters. The van der Waals surface area contributed by atoms with Crippen molar-refractivity contribution in [3.05, 3.63) is 60.7 Å². The maximum Gasteiger partial charge on any atom is 0.163 e. The third-order valence-electron chi connectivity index (χ3n) is 3.71. The molecule has 5 heteroatoms. The van der Waals surface area contributed by atoms with Gasteiger partial charge < -0.3 is 15.4 Å². The minimum atomic E-state index is -0.108. The third kappa shape index (κ3) is 5.20. The van der Waals surface area contributed by atoms with Gasteiger partial charge in [0.25, 0.3) is 0 Å². The fourth-order valence-corrected chi connectivity index (χ4v) is 2.67. The minimum absolute atomic E-state index is 0.108. The van der Waals surface area contributed by atoms with Gasteiger partial charge in [0.15, 0.2) is 5.82 Å². The molecule has 2 aromatic carbocycles. The first-order valence-electron chi connectivity index (χ1n) is 9.16. The van der Waals surface area contributed by atoms with E-state index in [1.54, 1.807) is 0 Å². The average molecular weight is 362 g/mol. The number of nitrogens with zero attached hydrogens (tertiary/aromatic N) is 2. The van der Waals surface area contributed by atoms with Gasteiger partial charge in [0, 0.05) is 17.2 Å². The molecule has 0 amide bonds. The number of ether oxygens (including phenoxy) is 1. The molecule has 0 fully saturated rings. The summed E-state index contributed by atoms with van der Waals surface area (Å²) in [6.07, 6.45) is 0. The topological polar surface area (TPSA) is 59.1 Å². The zero-order valence-corrected chi connectivity index (χ0v) is 16.3. The van der Waals surface area contributed by atoms with Gasteiger partial charge in [-0.3, -0.25) is 0 Å². The fraction of sp³-hybridized carbons (Fsp3) is 0.273. The summed E-state index contributed by atoms with van der Waals surface area (Å²) in [4.78, 5) is 9.41. The molecule has 0 radical (unpaired) electrons. The van der Waals surface area contributed by atoms with Crippen LogP contribution in [-0.4, -0.2) is 22.1 Å². The van der Waals surface area contributed by atoms with Gasteiger partial charge in [0.2, 0.25) is 0 Å². The van der Waals surface area contributed by atoms with E-state index in [0.29, 0.717) is 18.2 Å². The van der Waals surface area contributed by atoms with Crippen LogP contribution in [0.1, 0.15) is 27.7 Å². The SMILES string of the molecule is CCOc1ccccc1Nc1cc(NC(C)(C)C)nc(-c2ccccc2)n1. The summed E-state index contributed by atoms with van der Waals surface area (Å²) >= 11 is 0. The molecule has 27 heavy (non-hydrogen) atoms. The van der Waals surface area contributed by atoms with Crippen molar-refractivity contribution < 1.29 is 4.74 Å². The number of hydrogen-bond acceptors (Lipinski definition) is 5. The molecule has 3 aromatic rings. The van der Waals surface area contributed by atoms with Crippen LogP contribution >= 0.6 is 0 Å². The summed E-state index contributed by atoms with van der Waals surface area (Å²) < 4.78 is 5.71. The maximum absolute atomic E-state index is 5.71. The summed E-state index contributed by atoms with van der Waals surface area (Å²) in [5.74, 6) is 2.95. The van der Waals surface area contributed by atoms with Gasteiger partial charge in [0.1, 0.15) is 17.4 Å². The Bertz CT molecular complexity index is 888. The van der Waals surface area contributed by atoms with Crippen molar-refractivity contribution >= 4 is 17.3 Å². The Morgan fingerprint density at radius 1 is 0.889 bits per heavy atom. The Morgan fingerprint density at radius 3 is 2.26 bits per heavy atom. The van der Waals surface area contributed by atoms with E-state index in [1.807, 2.05) is 67.6 Å². The van der Waals surface area contributed by atoms with Crippen LogP contribution < -0.4 is 15.4 Å². The number of nitrogens with one attached hydrogen (secondary N) is 2. The van der Waals surface area contributed by atoms with Gasteiger partial charge in [-0.05, 0) is 39.8 Å². The largest absolute Gasteiger partial charge is 0.492 e. The lowest BCUT2D eigenvalue weighted by atomic mass is 10.1. The van der Waals surface area contributed by atoms with Crippen LogP contribution in [0.5, 0.6) is 5.75 Å². The lowest BCUT2D eigenvalue weighted by Crippen LogP contribution is -2.26. The lowest BCUT2D eigenvalue weighted by Gasteiger charge is -2.22. The van der Waals surface area contributed by atoms with Crippen LogP contribution in [-0.2, 0) is 0 Å². The van der Waals surface area contributed by atoms with Gasteiger partial charge in [0.05, 0.1) is 12.3 Å². The van der Waals surface area contributed by atoms with Crippen molar-refractivity contribution in [2.75, 3.05) is 17.2 Å². The van der Waals surface area contributed by atoms with Gasteiger partial charge in [-0.1, -0.05) is 42.5 Å². The van der Waals surface area contributed by atoms with Crippen LogP contribution in [0.15, 0.2) is 60.7 Å². The van der Waals surface area contributed by atoms with Crippen LogP contribution in [0.4, 0.5) is 17.3 Å². The zero-order valence-electron chi connectivity index (χ0n) is 16.3. The molecular weight excluding hydrogens is 336 g/mol. The van der Waals surface area contributed by atoms with E-state index < -0.39 is 0 Å². The van der Waals surface area contributed by atoms with Crippen molar-refractivity contribution in [2.45, 2.75) is 33.2 Å². The molecule has 140 valence electrons. The number of benzene rings is 2. The lowest BCUT2D eigenvalue weighted by molar-refractivity contribution is 0.342. The number of hydrogen-bond donors (Lipinski definition) is 2. The third-order valence-corrected chi connectivity index (χ3v) is 3.71. The van der Waals surface area contributed by atoms with Crippen molar-refractivity contribution in [3.63, 3.8) is 0 Å². The second kappa shape index (κ2) is 8.08. The molecule has 3 rings (SSSR count). The first-order chi connectivity index (χ1) is 12.9. The Balaban J connectivity index is 2.00. The van der Waals surface area contributed by atoms with E-state index in [4.69, 9.17) is 14.7 Å². The minimum Gasteiger partial charge on any atom is -0.492 e. The second-order valence-electron chi connectivity index (χ2n) is 7.26. The van der Waals surface area contributed by atoms with Crippen LogP contribution in [0, 0.1) is 0 Å². The summed E-state index contributed by atoms with van der Waals surface area (Å²) in [5, 5.41) is 6.81. The van der Waals surface area contributed by atoms with Gasteiger partial charge in [-0.15, -0.1) is 0 Å². The summed E-state index contributed by atoms with van der Waals surface area (Å²) in [7, 11) is 0. The summed E-state index contributed by atoms with van der Waals surface area (Å²) in [6, 6.07) is 19.7. The summed E-state index contributed by atoms with van der Waals surface area (Å²) in [6.45, 7) is 8.90. The second-order valence-corrected chi connectivity index (χ2v) is 7.26. The molecule has 1 aromatic heterocycles. The molecule has 0 aliphatic rings. The highest BCUT2D eigenvalue weighted by Gasteiger charge is 2.14. The molecule has 0 aliphatic heterocycles. The van der Waals surface area contributed by atoms with E-state index in [-0.39, 0.29) is 5.54 Å². The van der Waals surface area contributed by atoms with Gasteiger partial charge in [-0.25, -0.2) is 9.97 Å². The number of anilines is 3. The first-order valence-corrected chi connectivity index (χ1v) is 9.16. The number of aromatic nitrogens is 2. The number of para-hydroxylation sites is 2. The Morgan fingerprint density at radius 2 is 1.56 bits per heavy atom. The van der Waals surface area contributed by atoms with Crippen molar-refractivity contribution in [3.8, 4) is 17.1 Å². The number of rotatable bonds is 6. The van der Waals surface area contributed by atoms with Crippen LogP contribution in [0.3, 0.4) is 0 Å². The normalized spacial score (nSPS) is 11.1. The van der Waals surface area contributed by atoms with Crippen molar-refractivity contribution in [1.29, 1.82) is 0 Å². The van der Waals surface area contributed by atoms with Crippen LogP contribution in [0.2, 0.25) is 0 Å². The monoisotopic (exact) mass is 362 g/mol. The predicted molar refractivity (Wildman–Crippen MR) is 112 cm³/mol. The standard InChI is InChI=1S/C22H26N4O/c1-5-27-18-14-10-9-13-17(18)23-19-15-20(26-22(2,3)4)25-21(24-19)16-11-7-6-8-12-16/h6-15H,5H2,1-4H3,(H2,23,24,25,26). The highest BCUT2D eigenvalue weighted by Crippen LogP contribution is 2.29. The molecule has 0 unspecified atom stereocenters. The van der Waals surface area contributed by atoms with Gasteiger partial charge >= 0.3 is 0 Å². The molecule has 0 spiro atoms. The molecular formula is C22H26N4O. The Kier molecular flexibility index (Phi) is 5.60. The van der Waals surface area contributed by atoms with Crippen molar-refractivity contribution in [2.24, 2.45) is 0 Å². The van der Waals surface area contributed by atoms with E-state index in [2.05, 4.69) is 31.4 Å². The van der Waals surface area contributed by atoms with Gasteiger partial charge in [-0.2, -0.15) is 0 Å². The molecule has 0 saturated carbocycles. The predicted octanol–water partition coefficient (Wildman–Crippen LogP) is 5.50. The van der Waals surface area contributed by atoms with E-state index in [0.717, 1.165) is 22.8 Å². The molecule has 0 aliphatic carbocycles. The molecule has 0 saturated heterocycles. The molecule has 5 nitrogen and oxygen atoms in total. The van der Waals surface area contributed by atoms with Crippen molar-refractivity contribution in [1.82, 2.24) is 9.97 Å². The van der Waals surface area contributed by atoms with Crippen LogP contribution in [0.25, 0.3) is 11.4 Å². The molecule has 1 heterocycles. The Labute approximate surface area is 160 Å². The first kappa shape index (κ1) is 18.7. The highest BCUT2D eigenvalue weighted by atomic mass is 16.5. The average Bonchev–Trinajstić information content (AvgIpc) is 2.63.